The average Bonchev–Trinajstić information content (AvgIpc) is 3.31. The number of benzene rings is 1. The maximum absolute atomic E-state index is 11.1. The van der Waals surface area contributed by atoms with Gasteiger partial charge in [0.15, 0.2) is 0 Å². The highest BCUT2D eigenvalue weighted by molar-refractivity contribution is 5.64. The van der Waals surface area contributed by atoms with E-state index in [-0.39, 0.29) is 5.69 Å². The summed E-state index contributed by atoms with van der Waals surface area (Å²) in [5.41, 5.74) is 3.86. The Bertz CT molecular complexity index is 505. The molecule has 7 heteroatoms. The lowest BCUT2D eigenvalue weighted by Gasteiger charge is -2.31. The standard InChI is InChI=1S/C14H22N4O3/c1-10(11-3-4-11)17(5-6-21-2)13-7-12(16-15)8-14(9-13)18(19)20/h7-11,16H,3-6,15H2,1-2H3. The van der Waals surface area contributed by atoms with Crippen molar-refractivity contribution in [3.8, 4) is 0 Å². The van der Waals surface area contributed by atoms with Crippen LogP contribution in [0.4, 0.5) is 17.1 Å². The first kappa shape index (κ1) is 15.5. The molecule has 21 heavy (non-hydrogen) atoms. The number of rotatable bonds is 8. The van der Waals surface area contributed by atoms with Gasteiger partial charge < -0.3 is 15.1 Å². The van der Waals surface area contributed by atoms with Crippen LogP contribution in [0.5, 0.6) is 0 Å². The first-order chi connectivity index (χ1) is 10.1. The maximum atomic E-state index is 11.1. The Morgan fingerprint density at radius 2 is 2.24 bits per heavy atom. The summed E-state index contributed by atoms with van der Waals surface area (Å²) in [6.45, 7) is 3.42. The molecule has 7 nitrogen and oxygen atoms in total. The lowest BCUT2D eigenvalue weighted by Crippen LogP contribution is -2.37. The molecule has 0 aliphatic heterocycles. The second kappa shape index (κ2) is 6.73. The quantitative estimate of drug-likeness (QED) is 0.433. The highest BCUT2D eigenvalue weighted by atomic mass is 16.6. The van der Waals surface area contributed by atoms with Gasteiger partial charge in [-0.25, -0.2) is 0 Å². The van der Waals surface area contributed by atoms with E-state index in [1.807, 2.05) is 6.07 Å². The predicted octanol–water partition coefficient (Wildman–Crippen LogP) is 2.13. The van der Waals surface area contributed by atoms with Crippen LogP contribution >= 0.6 is 0 Å². The van der Waals surface area contributed by atoms with Gasteiger partial charge >= 0.3 is 0 Å². The van der Waals surface area contributed by atoms with Crippen LogP contribution in [0.3, 0.4) is 0 Å². The number of hydrogen-bond acceptors (Lipinski definition) is 6. The van der Waals surface area contributed by atoms with E-state index in [1.54, 1.807) is 13.2 Å². The minimum Gasteiger partial charge on any atom is -0.383 e. The number of nitrogens with one attached hydrogen (secondary N) is 1. The van der Waals surface area contributed by atoms with Crippen molar-refractivity contribution in [3.05, 3.63) is 28.3 Å². The summed E-state index contributed by atoms with van der Waals surface area (Å²) in [6.07, 6.45) is 2.42. The summed E-state index contributed by atoms with van der Waals surface area (Å²) in [4.78, 5) is 12.8. The summed E-state index contributed by atoms with van der Waals surface area (Å²) in [6, 6.07) is 5.18. The Kier molecular flexibility index (Phi) is 4.98. The van der Waals surface area contributed by atoms with Gasteiger partial charge in [-0.05, 0) is 31.7 Å². The largest absolute Gasteiger partial charge is 0.383 e. The van der Waals surface area contributed by atoms with E-state index >= 15 is 0 Å². The Morgan fingerprint density at radius 1 is 1.52 bits per heavy atom. The topological polar surface area (TPSA) is 93.7 Å². The summed E-state index contributed by atoms with van der Waals surface area (Å²) < 4.78 is 5.16. The molecule has 1 aromatic carbocycles. The first-order valence-corrected chi connectivity index (χ1v) is 7.08. The molecule has 0 heterocycles. The SMILES string of the molecule is COCCN(c1cc(NN)cc([N+](=O)[O-])c1)C(C)C1CC1. The van der Waals surface area contributed by atoms with Crippen molar-refractivity contribution in [2.75, 3.05) is 30.6 Å². The number of non-ortho nitro benzene ring substituents is 1. The molecule has 1 unspecified atom stereocenters. The Labute approximate surface area is 124 Å². The summed E-state index contributed by atoms with van der Waals surface area (Å²) >= 11 is 0. The van der Waals surface area contributed by atoms with E-state index in [0.717, 1.165) is 5.69 Å². The van der Waals surface area contributed by atoms with Crippen LogP contribution in [-0.2, 0) is 4.74 Å². The van der Waals surface area contributed by atoms with E-state index < -0.39 is 4.92 Å². The zero-order valence-electron chi connectivity index (χ0n) is 12.4. The van der Waals surface area contributed by atoms with Gasteiger partial charge in [0, 0.05) is 37.5 Å². The number of nitro benzene ring substituents is 1. The Morgan fingerprint density at radius 3 is 2.76 bits per heavy atom. The predicted molar refractivity (Wildman–Crippen MR) is 82.3 cm³/mol. The number of nitrogens with zero attached hydrogens (tertiary/aromatic N) is 2. The van der Waals surface area contributed by atoms with Gasteiger partial charge in [-0.1, -0.05) is 0 Å². The van der Waals surface area contributed by atoms with E-state index in [1.165, 1.54) is 18.9 Å². The second-order valence-corrected chi connectivity index (χ2v) is 5.40. The number of methoxy groups -OCH3 is 1. The monoisotopic (exact) mass is 294 g/mol. The second-order valence-electron chi connectivity index (χ2n) is 5.40. The van der Waals surface area contributed by atoms with Crippen molar-refractivity contribution >= 4 is 17.1 Å². The fourth-order valence-corrected chi connectivity index (χ4v) is 2.54. The zero-order chi connectivity index (χ0) is 15.4. The smallest absolute Gasteiger partial charge is 0.273 e. The van der Waals surface area contributed by atoms with Crippen LogP contribution in [0.2, 0.25) is 0 Å². The van der Waals surface area contributed by atoms with Crippen LogP contribution < -0.4 is 16.2 Å². The van der Waals surface area contributed by atoms with E-state index in [9.17, 15) is 10.1 Å². The molecule has 1 saturated carbocycles. The molecule has 1 aromatic rings. The van der Waals surface area contributed by atoms with Gasteiger partial charge in [0.25, 0.3) is 5.69 Å². The molecule has 0 bridgehead atoms. The fourth-order valence-electron chi connectivity index (χ4n) is 2.54. The molecule has 0 saturated heterocycles. The van der Waals surface area contributed by atoms with Gasteiger partial charge in [-0.2, -0.15) is 0 Å². The summed E-state index contributed by atoms with van der Waals surface area (Å²) in [5.74, 6) is 6.07. The molecule has 0 amide bonds. The first-order valence-electron chi connectivity index (χ1n) is 7.08. The van der Waals surface area contributed by atoms with Crippen LogP contribution in [0, 0.1) is 16.0 Å². The van der Waals surface area contributed by atoms with Crippen LogP contribution in [0.25, 0.3) is 0 Å². The summed E-state index contributed by atoms with van der Waals surface area (Å²) in [5, 5.41) is 11.1. The fraction of sp³-hybridized carbons (Fsp3) is 0.571. The summed E-state index contributed by atoms with van der Waals surface area (Å²) in [7, 11) is 1.65. The van der Waals surface area contributed by atoms with Crippen LogP contribution in [0.15, 0.2) is 18.2 Å². The molecule has 0 spiro atoms. The molecule has 1 atom stereocenters. The highest BCUT2D eigenvalue weighted by Crippen LogP contribution is 2.38. The molecular weight excluding hydrogens is 272 g/mol. The van der Waals surface area contributed by atoms with Crippen molar-refractivity contribution in [2.24, 2.45) is 11.8 Å². The van der Waals surface area contributed by atoms with E-state index in [2.05, 4.69) is 17.2 Å². The minimum atomic E-state index is -0.402. The van der Waals surface area contributed by atoms with Gasteiger partial charge in [0.2, 0.25) is 0 Å². The van der Waals surface area contributed by atoms with E-state index in [4.69, 9.17) is 10.6 Å². The third-order valence-electron chi connectivity index (χ3n) is 3.94. The van der Waals surface area contributed by atoms with Gasteiger partial charge in [0.05, 0.1) is 17.2 Å². The number of nitrogen functional groups attached to an aromatic ring is 1. The van der Waals surface area contributed by atoms with Crippen molar-refractivity contribution in [2.45, 2.75) is 25.8 Å². The van der Waals surface area contributed by atoms with Crippen LogP contribution in [0.1, 0.15) is 19.8 Å². The Balaban J connectivity index is 2.32. The Hall–Kier alpha value is -1.86. The maximum Gasteiger partial charge on any atom is 0.273 e. The number of ether oxygens (including phenoxy) is 1. The third kappa shape index (κ3) is 3.83. The molecule has 0 radical (unpaired) electrons. The van der Waals surface area contributed by atoms with Gasteiger partial charge in [-0.3, -0.25) is 16.0 Å². The van der Waals surface area contributed by atoms with Crippen molar-refractivity contribution in [1.82, 2.24) is 0 Å². The van der Waals surface area contributed by atoms with Crippen molar-refractivity contribution < 1.29 is 9.66 Å². The molecule has 1 aliphatic rings. The third-order valence-corrected chi connectivity index (χ3v) is 3.94. The molecule has 0 aromatic heterocycles. The molecule has 3 N–H and O–H groups in total. The number of hydrazine groups is 1. The molecule has 1 fully saturated rings. The van der Waals surface area contributed by atoms with Gasteiger partial charge in [-0.15, -0.1) is 0 Å². The van der Waals surface area contributed by atoms with Crippen molar-refractivity contribution in [1.29, 1.82) is 0 Å². The van der Waals surface area contributed by atoms with Gasteiger partial charge in [0.1, 0.15) is 0 Å². The molecule has 1 aliphatic carbocycles. The van der Waals surface area contributed by atoms with E-state index in [0.29, 0.717) is 30.8 Å². The lowest BCUT2D eigenvalue weighted by molar-refractivity contribution is -0.384. The van der Waals surface area contributed by atoms with Crippen molar-refractivity contribution in [3.63, 3.8) is 0 Å². The number of nitrogens with two attached hydrogens (primary N) is 1. The molecule has 2 rings (SSSR count). The average molecular weight is 294 g/mol. The molecular formula is C14H22N4O3. The lowest BCUT2D eigenvalue weighted by atomic mass is 10.1. The number of anilines is 2. The highest BCUT2D eigenvalue weighted by Gasteiger charge is 2.32. The number of nitro groups is 1. The normalized spacial score (nSPS) is 15.6. The number of hydrogen-bond donors (Lipinski definition) is 2. The minimum absolute atomic E-state index is 0.0332. The zero-order valence-corrected chi connectivity index (χ0v) is 12.4. The molecule has 116 valence electrons. The van der Waals surface area contributed by atoms with Crippen LogP contribution in [-0.4, -0.2) is 31.2 Å².